The minimum absolute atomic E-state index is 0.211. The van der Waals surface area contributed by atoms with Crippen LogP contribution in [0.3, 0.4) is 0 Å². The number of carbonyl (C=O) groups is 2. The average Bonchev–Trinajstić information content (AvgIpc) is 3.09. The molecule has 1 aromatic rings. The van der Waals surface area contributed by atoms with Crippen molar-refractivity contribution in [1.29, 1.82) is 0 Å². The topological polar surface area (TPSA) is 69.4 Å². The van der Waals surface area contributed by atoms with Crippen LogP contribution < -0.4 is 5.73 Å². The van der Waals surface area contributed by atoms with Gasteiger partial charge in [-0.05, 0) is 30.9 Å². The van der Waals surface area contributed by atoms with Gasteiger partial charge in [-0.3, -0.25) is 4.79 Å². The van der Waals surface area contributed by atoms with Gasteiger partial charge in [-0.1, -0.05) is 12.1 Å². The molecule has 0 saturated heterocycles. The highest BCUT2D eigenvalue weighted by Gasteiger charge is 2.24. The van der Waals surface area contributed by atoms with Gasteiger partial charge in [-0.15, -0.1) is 0 Å². The van der Waals surface area contributed by atoms with Crippen LogP contribution in [0.4, 0.5) is 0 Å². The first-order chi connectivity index (χ1) is 7.68. The van der Waals surface area contributed by atoms with E-state index in [1.165, 1.54) is 6.07 Å². The van der Waals surface area contributed by atoms with E-state index in [0.717, 1.165) is 12.8 Å². The predicted molar refractivity (Wildman–Crippen MR) is 58.0 cm³/mol. The van der Waals surface area contributed by atoms with Gasteiger partial charge in [0.1, 0.15) is 0 Å². The number of carbonyl (C=O) groups excluding carboxylic acids is 2. The third kappa shape index (κ3) is 2.39. The lowest BCUT2D eigenvalue weighted by atomic mass is 10.1. The first-order valence-corrected chi connectivity index (χ1v) is 5.24. The largest absolute Gasteiger partial charge is 0.462 e. The molecule has 1 fully saturated rings. The highest BCUT2D eigenvalue weighted by atomic mass is 16.5. The van der Waals surface area contributed by atoms with Crippen LogP contribution in [-0.2, 0) is 4.74 Å². The number of nitrogens with two attached hydrogens (primary N) is 1. The molecule has 1 aliphatic carbocycles. The summed E-state index contributed by atoms with van der Waals surface area (Å²) in [6.45, 7) is 0.436. The number of benzene rings is 1. The summed E-state index contributed by atoms with van der Waals surface area (Å²) in [7, 11) is 0. The van der Waals surface area contributed by atoms with Crippen LogP contribution in [0, 0.1) is 5.92 Å². The summed E-state index contributed by atoms with van der Waals surface area (Å²) >= 11 is 0. The average molecular weight is 219 g/mol. The number of primary amides is 1. The minimum Gasteiger partial charge on any atom is -0.462 e. The Balaban J connectivity index is 2.11. The summed E-state index contributed by atoms with van der Waals surface area (Å²) in [5, 5.41) is 0. The quantitative estimate of drug-likeness (QED) is 0.777. The molecule has 1 aromatic carbocycles. The second-order valence-electron chi connectivity index (χ2n) is 3.95. The van der Waals surface area contributed by atoms with E-state index in [1.54, 1.807) is 18.2 Å². The van der Waals surface area contributed by atoms with Crippen molar-refractivity contribution in [2.24, 2.45) is 11.7 Å². The highest BCUT2D eigenvalue weighted by Crippen LogP contribution is 2.29. The van der Waals surface area contributed by atoms with E-state index in [0.29, 0.717) is 12.5 Å². The van der Waals surface area contributed by atoms with E-state index in [-0.39, 0.29) is 11.1 Å². The summed E-state index contributed by atoms with van der Waals surface area (Å²) in [6.07, 6.45) is 2.23. The number of ether oxygens (including phenoxy) is 1. The summed E-state index contributed by atoms with van der Waals surface area (Å²) in [5.74, 6) is -0.579. The van der Waals surface area contributed by atoms with Gasteiger partial charge in [-0.2, -0.15) is 0 Å². The molecular weight excluding hydrogens is 206 g/mol. The number of hydrogen-bond acceptors (Lipinski definition) is 3. The molecule has 1 amide bonds. The van der Waals surface area contributed by atoms with Crippen molar-refractivity contribution in [3.63, 3.8) is 0 Å². The van der Waals surface area contributed by atoms with Crippen molar-refractivity contribution in [3.05, 3.63) is 35.4 Å². The molecular formula is C12H13NO3. The molecule has 0 aliphatic heterocycles. The smallest absolute Gasteiger partial charge is 0.338 e. The highest BCUT2D eigenvalue weighted by molar-refractivity contribution is 6.04. The number of amides is 1. The first-order valence-electron chi connectivity index (χ1n) is 5.24. The summed E-state index contributed by atoms with van der Waals surface area (Å²) in [6, 6.07) is 6.42. The van der Waals surface area contributed by atoms with Gasteiger partial charge in [0.25, 0.3) is 0 Å². The van der Waals surface area contributed by atoms with Crippen molar-refractivity contribution < 1.29 is 14.3 Å². The van der Waals surface area contributed by atoms with Crippen molar-refractivity contribution in [2.45, 2.75) is 12.8 Å². The molecule has 4 heteroatoms. The van der Waals surface area contributed by atoms with E-state index in [4.69, 9.17) is 10.5 Å². The zero-order chi connectivity index (χ0) is 11.5. The normalized spacial score (nSPS) is 14.5. The molecule has 16 heavy (non-hydrogen) atoms. The molecule has 84 valence electrons. The fourth-order valence-electron chi connectivity index (χ4n) is 1.43. The Morgan fingerprint density at radius 1 is 1.25 bits per heavy atom. The molecule has 0 spiro atoms. The molecule has 0 aromatic heterocycles. The van der Waals surface area contributed by atoms with Crippen LogP contribution in [0.15, 0.2) is 24.3 Å². The maximum atomic E-state index is 11.7. The molecule has 4 nitrogen and oxygen atoms in total. The van der Waals surface area contributed by atoms with Crippen LogP contribution in [0.25, 0.3) is 0 Å². The van der Waals surface area contributed by atoms with Crippen LogP contribution in [0.1, 0.15) is 33.6 Å². The van der Waals surface area contributed by atoms with Gasteiger partial charge in [0, 0.05) is 0 Å². The second-order valence-corrected chi connectivity index (χ2v) is 3.95. The Morgan fingerprint density at radius 2 is 1.88 bits per heavy atom. The van der Waals surface area contributed by atoms with Gasteiger partial charge >= 0.3 is 5.97 Å². The van der Waals surface area contributed by atoms with E-state index >= 15 is 0 Å². The first kappa shape index (κ1) is 10.7. The Morgan fingerprint density at radius 3 is 2.44 bits per heavy atom. The lowest BCUT2D eigenvalue weighted by Gasteiger charge is -2.06. The van der Waals surface area contributed by atoms with E-state index in [2.05, 4.69) is 0 Å². The van der Waals surface area contributed by atoms with Crippen LogP contribution in [0.2, 0.25) is 0 Å². The lowest BCUT2D eigenvalue weighted by molar-refractivity contribution is 0.0483. The van der Waals surface area contributed by atoms with Crippen molar-refractivity contribution in [1.82, 2.24) is 0 Å². The SMILES string of the molecule is NC(=O)c1ccccc1C(=O)OCC1CC1. The van der Waals surface area contributed by atoms with Gasteiger partial charge in [0.2, 0.25) is 5.91 Å². The fraction of sp³-hybridized carbons (Fsp3) is 0.333. The molecule has 2 rings (SSSR count). The van der Waals surface area contributed by atoms with E-state index < -0.39 is 11.9 Å². The maximum Gasteiger partial charge on any atom is 0.338 e. The fourth-order valence-corrected chi connectivity index (χ4v) is 1.43. The van der Waals surface area contributed by atoms with E-state index in [9.17, 15) is 9.59 Å². The third-order valence-electron chi connectivity index (χ3n) is 2.56. The summed E-state index contributed by atoms with van der Waals surface area (Å²) in [4.78, 5) is 22.8. The summed E-state index contributed by atoms with van der Waals surface area (Å²) in [5.41, 5.74) is 5.63. The Labute approximate surface area is 93.4 Å². The standard InChI is InChI=1S/C12H13NO3/c13-11(14)9-3-1-2-4-10(9)12(15)16-7-8-5-6-8/h1-4,8H,5-7H2,(H2,13,14). The van der Waals surface area contributed by atoms with Gasteiger partial charge < -0.3 is 10.5 Å². The monoisotopic (exact) mass is 219 g/mol. The minimum atomic E-state index is -0.612. The number of hydrogen-bond donors (Lipinski definition) is 1. The van der Waals surface area contributed by atoms with Gasteiger partial charge in [0.15, 0.2) is 0 Å². The zero-order valence-corrected chi connectivity index (χ0v) is 8.81. The molecule has 0 radical (unpaired) electrons. The van der Waals surface area contributed by atoms with E-state index in [1.807, 2.05) is 0 Å². The van der Waals surface area contributed by atoms with Crippen LogP contribution >= 0.6 is 0 Å². The Hall–Kier alpha value is -1.84. The number of esters is 1. The molecule has 0 unspecified atom stereocenters. The van der Waals surface area contributed by atoms with Crippen LogP contribution in [-0.4, -0.2) is 18.5 Å². The van der Waals surface area contributed by atoms with Crippen molar-refractivity contribution >= 4 is 11.9 Å². The molecule has 0 bridgehead atoms. The predicted octanol–water partition coefficient (Wildman–Crippen LogP) is 1.35. The van der Waals surface area contributed by atoms with Crippen LogP contribution in [0.5, 0.6) is 0 Å². The maximum absolute atomic E-state index is 11.7. The summed E-state index contributed by atoms with van der Waals surface area (Å²) < 4.78 is 5.10. The number of rotatable bonds is 4. The third-order valence-corrected chi connectivity index (χ3v) is 2.56. The van der Waals surface area contributed by atoms with Gasteiger partial charge in [-0.25, -0.2) is 4.79 Å². The molecule has 1 saturated carbocycles. The van der Waals surface area contributed by atoms with Gasteiger partial charge in [0.05, 0.1) is 17.7 Å². The molecule has 0 heterocycles. The molecule has 1 aliphatic rings. The zero-order valence-electron chi connectivity index (χ0n) is 8.81. The lowest BCUT2D eigenvalue weighted by Crippen LogP contribution is -2.18. The molecule has 0 atom stereocenters. The Kier molecular flexibility index (Phi) is 2.90. The Bertz CT molecular complexity index is 424. The van der Waals surface area contributed by atoms with Crippen molar-refractivity contribution in [3.8, 4) is 0 Å². The second kappa shape index (κ2) is 4.35. The molecule has 2 N–H and O–H groups in total. The van der Waals surface area contributed by atoms with Crippen molar-refractivity contribution in [2.75, 3.05) is 6.61 Å².